The van der Waals surface area contributed by atoms with Crippen LogP contribution in [0, 0.1) is 0 Å². The van der Waals surface area contributed by atoms with Gasteiger partial charge in [0.05, 0.1) is 24.5 Å². The molecule has 0 radical (unpaired) electrons. The number of nitrogens with zero attached hydrogens (tertiary/aromatic N) is 1. The summed E-state index contributed by atoms with van der Waals surface area (Å²) in [6.45, 7) is 2.73. The maximum absolute atomic E-state index is 13.2. The van der Waals surface area contributed by atoms with Gasteiger partial charge in [0.1, 0.15) is 9.71 Å². The van der Waals surface area contributed by atoms with E-state index < -0.39 is 35.2 Å². The van der Waals surface area contributed by atoms with E-state index in [1.54, 1.807) is 0 Å². The molecule has 0 aliphatic rings. The Kier molecular flexibility index (Phi) is 5.50. The molecule has 0 aromatic carbocycles. The lowest BCUT2D eigenvalue weighted by molar-refractivity contribution is -0.141. The fourth-order valence-corrected chi connectivity index (χ4v) is 3.08. The molecule has 0 amide bonds. The van der Waals surface area contributed by atoms with Crippen LogP contribution in [-0.2, 0) is 20.4 Å². The monoisotopic (exact) mass is 390 g/mol. The molecule has 11 heteroatoms. The van der Waals surface area contributed by atoms with E-state index in [9.17, 15) is 27.6 Å². The van der Waals surface area contributed by atoms with Gasteiger partial charge >= 0.3 is 18.1 Å². The summed E-state index contributed by atoms with van der Waals surface area (Å²) in [6.07, 6.45) is -4.93. The van der Waals surface area contributed by atoms with Crippen molar-refractivity contribution in [1.29, 1.82) is 0 Å². The molecule has 0 saturated heterocycles. The number of aromatic nitrogens is 1. The molecule has 7 nitrogen and oxygen atoms in total. The van der Waals surface area contributed by atoms with Crippen molar-refractivity contribution in [2.24, 2.45) is 0 Å². The van der Waals surface area contributed by atoms with E-state index in [2.05, 4.69) is 14.5 Å². The average Bonchev–Trinajstić information content (AvgIpc) is 2.89. The number of hydrogen-bond acceptors (Lipinski definition) is 8. The summed E-state index contributed by atoms with van der Waals surface area (Å²) in [6, 6.07) is 0.858. The molecule has 26 heavy (non-hydrogen) atoms. The van der Waals surface area contributed by atoms with Crippen LogP contribution in [0.1, 0.15) is 39.6 Å². The van der Waals surface area contributed by atoms with E-state index in [1.165, 1.54) is 13.8 Å². The number of carbonyl (C=O) groups excluding carboxylic acids is 3. The van der Waals surface area contributed by atoms with E-state index >= 15 is 0 Å². The van der Waals surface area contributed by atoms with Crippen molar-refractivity contribution < 1.29 is 37.0 Å². The number of nitrogens with two attached hydrogens (primary N) is 1. The molecule has 0 bridgehead atoms. The van der Waals surface area contributed by atoms with Gasteiger partial charge in [-0.25, -0.2) is 14.6 Å². The van der Waals surface area contributed by atoms with Crippen LogP contribution in [0.25, 0.3) is 10.2 Å². The number of ether oxygens (including phenoxy) is 2. The zero-order chi connectivity index (χ0) is 19.6. The maximum atomic E-state index is 13.2. The zero-order valence-corrected chi connectivity index (χ0v) is 14.4. The minimum absolute atomic E-state index is 0.0567. The minimum Gasteiger partial charge on any atom is -0.462 e. The lowest BCUT2D eigenvalue weighted by atomic mass is 10.1. The number of pyridine rings is 1. The number of halogens is 3. The molecular weight excluding hydrogens is 377 g/mol. The molecule has 140 valence electrons. The molecule has 2 N–H and O–H groups in total. The van der Waals surface area contributed by atoms with Crippen molar-refractivity contribution in [3.8, 4) is 0 Å². The summed E-state index contributed by atoms with van der Waals surface area (Å²) in [5, 5.41) is -0.0568. The highest BCUT2D eigenvalue weighted by atomic mass is 32.1. The topological polar surface area (TPSA) is 109 Å². The SMILES string of the molecule is CCOC(=O)C(=O)c1sc2nc(C(F)(F)F)c(C(=O)OCC)cc2c1N. The van der Waals surface area contributed by atoms with E-state index in [0.717, 1.165) is 6.07 Å². The molecule has 2 aromatic heterocycles. The summed E-state index contributed by atoms with van der Waals surface area (Å²) in [7, 11) is 0. The van der Waals surface area contributed by atoms with E-state index in [-0.39, 0.29) is 34.0 Å². The third kappa shape index (κ3) is 3.62. The van der Waals surface area contributed by atoms with Crippen molar-refractivity contribution in [3.05, 3.63) is 22.2 Å². The van der Waals surface area contributed by atoms with Gasteiger partial charge in [0, 0.05) is 5.39 Å². The number of rotatable bonds is 5. The van der Waals surface area contributed by atoms with E-state index in [4.69, 9.17) is 5.73 Å². The Bertz CT molecular complexity index is 892. The molecule has 0 spiro atoms. The maximum Gasteiger partial charge on any atom is 0.434 e. The highest BCUT2D eigenvalue weighted by Gasteiger charge is 2.39. The number of alkyl halides is 3. The Hall–Kier alpha value is -2.69. The molecule has 0 unspecified atom stereocenters. The van der Waals surface area contributed by atoms with E-state index in [0.29, 0.717) is 11.3 Å². The van der Waals surface area contributed by atoms with Gasteiger partial charge in [-0.05, 0) is 19.9 Å². The van der Waals surface area contributed by atoms with Gasteiger partial charge in [0.2, 0.25) is 0 Å². The van der Waals surface area contributed by atoms with Crippen LogP contribution in [0.3, 0.4) is 0 Å². The van der Waals surface area contributed by atoms with Crippen molar-refractivity contribution in [2.45, 2.75) is 20.0 Å². The summed E-state index contributed by atoms with van der Waals surface area (Å²) < 4.78 is 48.9. The molecule has 2 aromatic rings. The van der Waals surface area contributed by atoms with Gasteiger partial charge in [-0.1, -0.05) is 0 Å². The van der Waals surface area contributed by atoms with Gasteiger partial charge in [0.25, 0.3) is 5.78 Å². The number of esters is 2. The molecule has 0 atom stereocenters. The van der Waals surface area contributed by atoms with Crippen LogP contribution in [0.15, 0.2) is 6.07 Å². The summed E-state index contributed by atoms with van der Waals surface area (Å²) in [5.74, 6) is -3.51. The second kappa shape index (κ2) is 7.28. The lowest BCUT2D eigenvalue weighted by Crippen LogP contribution is -2.17. The van der Waals surface area contributed by atoms with Gasteiger partial charge in [-0.3, -0.25) is 4.79 Å². The molecule has 0 fully saturated rings. The predicted molar refractivity (Wildman–Crippen MR) is 86.0 cm³/mol. The number of anilines is 1. The fourth-order valence-electron chi connectivity index (χ4n) is 2.08. The van der Waals surface area contributed by atoms with Crippen LogP contribution in [0.4, 0.5) is 18.9 Å². The van der Waals surface area contributed by atoms with Gasteiger partial charge in [-0.15, -0.1) is 11.3 Å². The first-order valence-corrected chi connectivity index (χ1v) is 8.12. The fraction of sp³-hybridized carbons (Fsp3) is 0.333. The molecular formula is C15H13F3N2O5S. The number of thiophene rings is 1. The van der Waals surface area contributed by atoms with Crippen molar-refractivity contribution >= 4 is 45.0 Å². The number of carbonyl (C=O) groups is 3. The first kappa shape index (κ1) is 19.6. The van der Waals surface area contributed by atoms with Gasteiger partial charge in [0.15, 0.2) is 5.69 Å². The van der Waals surface area contributed by atoms with Crippen LogP contribution in [0.5, 0.6) is 0 Å². The zero-order valence-electron chi connectivity index (χ0n) is 13.6. The number of fused-ring (bicyclic) bond motifs is 1. The third-order valence-corrected chi connectivity index (χ3v) is 4.27. The number of hydrogen-bond donors (Lipinski definition) is 1. The second-order valence-corrected chi connectivity index (χ2v) is 5.85. The lowest BCUT2D eigenvalue weighted by Gasteiger charge is -2.11. The largest absolute Gasteiger partial charge is 0.462 e. The molecule has 0 saturated carbocycles. The molecule has 2 heterocycles. The Morgan fingerprint density at radius 1 is 1.19 bits per heavy atom. The van der Waals surface area contributed by atoms with Crippen molar-refractivity contribution in [2.75, 3.05) is 18.9 Å². The minimum atomic E-state index is -4.93. The summed E-state index contributed by atoms with van der Waals surface area (Å²) in [5.41, 5.74) is 3.24. The second-order valence-electron chi connectivity index (χ2n) is 4.85. The predicted octanol–water partition coefficient (Wildman–Crippen LogP) is 2.82. The first-order valence-electron chi connectivity index (χ1n) is 7.30. The highest BCUT2D eigenvalue weighted by Crippen LogP contribution is 2.38. The van der Waals surface area contributed by atoms with Crippen LogP contribution in [-0.4, -0.2) is 35.9 Å². The standard InChI is InChI=1S/C15H13F3N2O5S/c1-3-24-13(22)7-5-6-8(19)10(9(21)14(23)25-4-2)26-12(6)20-11(7)15(16,17)18/h5H,3-4,19H2,1-2H3. The molecule has 0 aliphatic carbocycles. The normalized spacial score (nSPS) is 11.4. The molecule has 0 aliphatic heterocycles. The molecule has 2 rings (SSSR count). The Morgan fingerprint density at radius 2 is 1.81 bits per heavy atom. The number of nitrogen functional groups attached to an aromatic ring is 1. The first-order chi connectivity index (χ1) is 12.1. The quantitative estimate of drug-likeness (QED) is 0.475. The van der Waals surface area contributed by atoms with E-state index in [1.807, 2.05) is 0 Å². The Morgan fingerprint density at radius 3 is 2.35 bits per heavy atom. The highest BCUT2D eigenvalue weighted by molar-refractivity contribution is 7.21. The van der Waals surface area contributed by atoms with Crippen LogP contribution in [0.2, 0.25) is 0 Å². The van der Waals surface area contributed by atoms with Crippen LogP contribution < -0.4 is 5.73 Å². The van der Waals surface area contributed by atoms with Gasteiger partial charge < -0.3 is 15.2 Å². The van der Waals surface area contributed by atoms with Gasteiger partial charge in [-0.2, -0.15) is 13.2 Å². The Labute approximate surface area is 148 Å². The summed E-state index contributed by atoms with van der Waals surface area (Å²) >= 11 is 0.512. The summed E-state index contributed by atoms with van der Waals surface area (Å²) in [4.78, 5) is 38.3. The van der Waals surface area contributed by atoms with Crippen molar-refractivity contribution in [3.63, 3.8) is 0 Å². The smallest absolute Gasteiger partial charge is 0.434 e. The number of ketones is 1. The van der Waals surface area contributed by atoms with Crippen molar-refractivity contribution in [1.82, 2.24) is 4.98 Å². The third-order valence-electron chi connectivity index (χ3n) is 3.15. The van der Waals surface area contributed by atoms with Crippen LogP contribution >= 0.6 is 11.3 Å². The Balaban J connectivity index is 2.67. The number of Topliss-reactive ketones (excluding diaryl/α,β-unsaturated/α-hetero) is 1. The average molecular weight is 390 g/mol.